The lowest BCUT2D eigenvalue weighted by molar-refractivity contribution is -0.136. The van der Waals surface area contributed by atoms with E-state index in [2.05, 4.69) is 4.98 Å². The first-order chi connectivity index (χ1) is 7.58. The number of rotatable bonds is 3. The predicted molar refractivity (Wildman–Crippen MR) is 55.8 cm³/mol. The monoisotopic (exact) mass is 222 g/mol. The zero-order valence-electron chi connectivity index (χ0n) is 8.77. The summed E-state index contributed by atoms with van der Waals surface area (Å²) in [5.74, 6) is -1.23. The van der Waals surface area contributed by atoms with Crippen molar-refractivity contribution in [3.05, 3.63) is 35.5 Å². The van der Waals surface area contributed by atoms with Crippen LogP contribution >= 0.6 is 0 Å². The van der Waals surface area contributed by atoms with Crippen LogP contribution in [0, 0.1) is 12.7 Å². The van der Waals surface area contributed by atoms with Crippen molar-refractivity contribution in [1.29, 1.82) is 0 Å². The smallest absolute Gasteiger partial charge is 0.303 e. The molecule has 1 N–H and O–H groups in total. The number of halogens is 1. The molecule has 0 saturated carbocycles. The van der Waals surface area contributed by atoms with Gasteiger partial charge >= 0.3 is 5.97 Å². The summed E-state index contributed by atoms with van der Waals surface area (Å²) < 4.78 is 14.7. The average molecular weight is 222 g/mol. The summed E-state index contributed by atoms with van der Waals surface area (Å²) in [5.41, 5.74) is 2.13. The van der Waals surface area contributed by atoms with Gasteiger partial charge < -0.3 is 9.51 Å². The van der Waals surface area contributed by atoms with Crippen LogP contribution in [-0.4, -0.2) is 20.5 Å². The molecule has 16 heavy (non-hydrogen) atoms. The third-order valence-electron chi connectivity index (χ3n) is 2.46. The number of imidazole rings is 1. The number of carbonyl (C=O) groups is 1. The van der Waals surface area contributed by atoms with Gasteiger partial charge in [0.2, 0.25) is 0 Å². The average Bonchev–Trinajstić information content (AvgIpc) is 2.51. The lowest BCUT2D eigenvalue weighted by atomic mass is 10.2. The number of aromatic nitrogens is 2. The Kier molecular flexibility index (Phi) is 2.60. The van der Waals surface area contributed by atoms with Crippen molar-refractivity contribution in [3.8, 4) is 0 Å². The van der Waals surface area contributed by atoms with Gasteiger partial charge in [0.15, 0.2) is 0 Å². The van der Waals surface area contributed by atoms with Crippen LogP contribution in [0.25, 0.3) is 5.65 Å². The number of fused-ring (bicyclic) bond motifs is 1. The first-order valence-corrected chi connectivity index (χ1v) is 4.93. The molecule has 2 aromatic rings. The minimum atomic E-state index is -0.870. The Balaban J connectivity index is 2.45. The van der Waals surface area contributed by atoms with Gasteiger partial charge in [-0.3, -0.25) is 4.79 Å². The van der Waals surface area contributed by atoms with E-state index in [0.29, 0.717) is 12.1 Å². The van der Waals surface area contributed by atoms with Gasteiger partial charge in [-0.1, -0.05) is 0 Å². The van der Waals surface area contributed by atoms with Crippen molar-refractivity contribution >= 4 is 11.6 Å². The van der Waals surface area contributed by atoms with E-state index in [0.717, 1.165) is 11.4 Å². The highest BCUT2D eigenvalue weighted by Crippen LogP contribution is 2.14. The van der Waals surface area contributed by atoms with E-state index < -0.39 is 5.97 Å². The molecule has 2 rings (SSSR count). The number of aryl methyl sites for hydroxylation is 2. The summed E-state index contributed by atoms with van der Waals surface area (Å²) in [6.45, 7) is 1.79. The normalized spacial score (nSPS) is 10.9. The molecule has 2 heterocycles. The van der Waals surface area contributed by atoms with Crippen LogP contribution in [0.4, 0.5) is 4.39 Å². The van der Waals surface area contributed by atoms with E-state index in [4.69, 9.17) is 5.11 Å². The summed E-state index contributed by atoms with van der Waals surface area (Å²) in [6, 6.07) is 2.91. The molecule has 5 heteroatoms. The fourth-order valence-corrected chi connectivity index (χ4v) is 1.71. The van der Waals surface area contributed by atoms with Gasteiger partial charge in [0.25, 0.3) is 0 Å². The Labute approximate surface area is 91.4 Å². The fraction of sp³-hybridized carbons (Fsp3) is 0.273. The number of aliphatic carboxylic acids is 1. The van der Waals surface area contributed by atoms with E-state index in [9.17, 15) is 9.18 Å². The largest absolute Gasteiger partial charge is 0.481 e. The van der Waals surface area contributed by atoms with Crippen LogP contribution in [0.3, 0.4) is 0 Å². The highest BCUT2D eigenvalue weighted by Gasteiger charge is 2.10. The summed E-state index contributed by atoms with van der Waals surface area (Å²) >= 11 is 0. The first kappa shape index (κ1) is 10.6. The second kappa shape index (κ2) is 3.92. The molecule has 0 unspecified atom stereocenters. The van der Waals surface area contributed by atoms with E-state index in [1.807, 2.05) is 0 Å². The number of nitrogens with zero attached hydrogens (tertiary/aromatic N) is 2. The van der Waals surface area contributed by atoms with Gasteiger partial charge in [-0.25, -0.2) is 9.37 Å². The maximum Gasteiger partial charge on any atom is 0.303 e. The Hall–Kier alpha value is -1.91. The maximum atomic E-state index is 13.1. The van der Waals surface area contributed by atoms with Gasteiger partial charge in [-0.2, -0.15) is 0 Å². The number of pyridine rings is 1. The molecule has 2 aromatic heterocycles. The van der Waals surface area contributed by atoms with E-state index in [1.54, 1.807) is 17.4 Å². The number of hydrogen-bond donors (Lipinski definition) is 1. The predicted octanol–water partition coefficient (Wildman–Crippen LogP) is 1.80. The topological polar surface area (TPSA) is 54.6 Å². The van der Waals surface area contributed by atoms with Crippen LogP contribution < -0.4 is 0 Å². The molecular weight excluding hydrogens is 211 g/mol. The van der Waals surface area contributed by atoms with Crippen LogP contribution in [0.15, 0.2) is 18.3 Å². The third kappa shape index (κ3) is 1.88. The Morgan fingerprint density at radius 2 is 2.31 bits per heavy atom. The van der Waals surface area contributed by atoms with Crippen LogP contribution in [0.1, 0.15) is 17.8 Å². The lowest BCUT2D eigenvalue weighted by Gasteiger charge is -2.00. The zero-order chi connectivity index (χ0) is 11.7. The molecule has 0 saturated heterocycles. The molecular formula is C11H11FN2O2. The number of carboxylic acids is 1. The minimum absolute atomic E-state index is 0.0190. The second-order valence-electron chi connectivity index (χ2n) is 3.61. The Bertz CT molecular complexity index is 548. The van der Waals surface area contributed by atoms with E-state index >= 15 is 0 Å². The number of hydrogen-bond acceptors (Lipinski definition) is 2. The molecule has 84 valence electrons. The van der Waals surface area contributed by atoms with E-state index in [-0.39, 0.29) is 12.2 Å². The first-order valence-electron chi connectivity index (χ1n) is 4.93. The van der Waals surface area contributed by atoms with Crippen LogP contribution in [0.2, 0.25) is 0 Å². The van der Waals surface area contributed by atoms with E-state index in [1.165, 1.54) is 12.3 Å². The highest BCUT2D eigenvalue weighted by atomic mass is 19.1. The van der Waals surface area contributed by atoms with Crippen molar-refractivity contribution in [2.75, 3.05) is 0 Å². The van der Waals surface area contributed by atoms with Gasteiger partial charge in [-0.05, 0) is 19.1 Å². The lowest BCUT2D eigenvalue weighted by Crippen LogP contribution is -2.01. The van der Waals surface area contributed by atoms with Crippen molar-refractivity contribution < 1.29 is 14.3 Å². The number of carboxylic acid groups (broad SMARTS) is 1. The fourth-order valence-electron chi connectivity index (χ4n) is 1.71. The Morgan fingerprint density at radius 3 is 3.00 bits per heavy atom. The van der Waals surface area contributed by atoms with Crippen molar-refractivity contribution in [1.82, 2.24) is 9.38 Å². The molecule has 0 amide bonds. The highest BCUT2D eigenvalue weighted by molar-refractivity contribution is 5.67. The Morgan fingerprint density at radius 1 is 1.56 bits per heavy atom. The van der Waals surface area contributed by atoms with Gasteiger partial charge in [0.05, 0.1) is 12.1 Å². The molecule has 0 bridgehead atoms. The molecule has 0 aromatic carbocycles. The summed E-state index contributed by atoms with van der Waals surface area (Å²) in [7, 11) is 0. The molecule has 0 atom stereocenters. The zero-order valence-corrected chi connectivity index (χ0v) is 8.77. The standard InChI is InChI=1S/C11H11FN2O2/c1-7-9(3-5-11(15)16)14-6-8(12)2-4-10(14)13-7/h2,4,6H,3,5H2,1H3,(H,15,16). The molecule has 0 spiro atoms. The van der Waals surface area contributed by atoms with Gasteiger partial charge in [0.1, 0.15) is 11.5 Å². The minimum Gasteiger partial charge on any atom is -0.481 e. The van der Waals surface area contributed by atoms with Gasteiger partial charge in [-0.15, -0.1) is 0 Å². The maximum absolute atomic E-state index is 13.1. The molecule has 0 aliphatic heterocycles. The molecule has 0 aliphatic carbocycles. The van der Waals surface area contributed by atoms with Gasteiger partial charge in [0, 0.05) is 18.3 Å². The van der Waals surface area contributed by atoms with Crippen molar-refractivity contribution in [2.24, 2.45) is 0 Å². The van der Waals surface area contributed by atoms with Crippen LogP contribution in [0.5, 0.6) is 0 Å². The molecule has 0 radical (unpaired) electrons. The quantitative estimate of drug-likeness (QED) is 0.861. The third-order valence-corrected chi connectivity index (χ3v) is 2.46. The summed E-state index contributed by atoms with van der Waals surface area (Å²) in [5, 5.41) is 8.63. The molecule has 0 fully saturated rings. The SMILES string of the molecule is Cc1nc2ccc(F)cn2c1CCC(=O)O. The summed E-state index contributed by atoms with van der Waals surface area (Å²) in [6.07, 6.45) is 1.70. The molecule has 4 nitrogen and oxygen atoms in total. The van der Waals surface area contributed by atoms with Crippen molar-refractivity contribution in [3.63, 3.8) is 0 Å². The summed E-state index contributed by atoms with van der Waals surface area (Å²) in [4.78, 5) is 14.7. The van der Waals surface area contributed by atoms with Crippen molar-refractivity contribution in [2.45, 2.75) is 19.8 Å². The second-order valence-corrected chi connectivity index (χ2v) is 3.61. The molecule has 0 aliphatic rings. The van der Waals surface area contributed by atoms with Crippen LogP contribution in [-0.2, 0) is 11.2 Å².